The predicted octanol–water partition coefficient (Wildman–Crippen LogP) is 3.52. The van der Waals surface area contributed by atoms with E-state index in [9.17, 15) is 4.79 Å². The number of rotatable bonds is 5. The maximum absolute atomic E-state index is 12.5. The lowest BCUT2D eigenvalue weighted by atomic mass is 10.0. The molecule has 1 aliphatic heterocycles. The van der Waals surface area contributed by atoms with Crippen LogP contribution in [-0.4, -0.2) is 37.2 Å². The second-order valence-electron chi connectivity index (χ2n) is 6.75. The number of hydrogen-bond acceptors (Lipinski definition) is 4. The predicted molar refractivity (Wildman–Crippen MR) is 110 cm³/mol. The number of morpholine rings is 1. The second kappa shape index (κ2) is 8.67. The molecule has 2 heterocycles. The molecule has 5 nitrogen and oxygen atoms in total. The average molecular weight is 373 g/mol. The van der Waals surface area contributed by atoms with Crippen LogP contribution in [0, 0.1) is 0 Å². The van der Waals surface area contributed by atoms with Gasteiger partial charge in [-0.3, -0.25) is 4.79 Å². The molecule has 0 unspecified atom stereocenters. The summed E-state index contributed by atoms with van der Waals surface area (Å²) in [5, 5.41) is 2.99. The smallest absolute Gasteiger partial charge is 0.251 e. The minimum absolute atomic E-state index is 0.0793. The van der Waals surface area contributed by atoms with Crippen LogP contribution in [0.1, 0.15) is 15.9 Å². The number of aromatic nitrogens is 1. The quantitative estimate of drug-likeness (QED) is 0.744. The van der Waals surface area contributed by atoms with Gasteiger partial charge in [0, 0.05) is 31.4 Å². The SMILES string of the molecule is O=C(NCc1ccnc(N2CCOCC2)c1)c1ccc(-c2ccccc2)cc1. The topological polar surface area (TPSA) is 54.5 Å². The summed E-state index contributed by atoms with van der Waals surface area (Å²) in [6.45, 7) is 3.61. The summed E-state index contributed by atoms with van der Waals surface area (Å²) in [4.78, 5) is 19.1. The Labute approximate surface area is 165 Å². The molecule has 1 aromatic heterocycles. The van der Waals surface area contributed by atoms with Gasteiger partial charge in [0.15, 0.2) is 0 Å². The fourth-order valence-corrected chi connectivity index (χ4v) is 3.26. The Kier molecular flexibility index (Phi) is 5.64. The molecule has 0 radical (unpaired) electrons. The van der Waals surface area contributed by atoms with E-state index in [0.717, 1.165) is 48.8 Å². The van der Waals surface area contributed by atoms with E-state index in [1.807, 2.05) is 54.6 Å². The molecule has 0 atom stereocenters. The maximum atomic E-state index is 12.5. The number of ether oxygens (including phenoxy) is 1. The van der Waals surface area contributed by atoms with Gasteiger partial charge >= 0.3 is 0 Å². The van der Waals surface area contributed by atoms with Crippen LogP contribution in [0.5, 0.6) is 0 Å². The van der Waals surface area contributed by atoms with Gasteiger partial charge in [0.05, 0.1) is 13.2 Å². The number of pyridine rings is 1. The number of carbonyl (C=O) groups excluding carboxylic acids is 1. The summed E-state index contributed by atoms with van der Waals surface area (Å²) in [5.41, 5.74) is 3.93. The Morgan fingerprint density at radius 1 is 0.964 bits per heavy atom. The molecular formula is C23H23N3O2. The highest BCUT2D eigenvalue weighted by molar-refractivity contribution is 5.94. The lowest BCUT2D eigenvalue weighted by molar-refractivity contribution is 0.0951. The highest BCUT2D eigenvalue weighted by Gasteiger charge is 2.13. The lowest BCUT2D eigenvalue weighted by Gasteiger charge is -2.28. The Bertz CT molecular complexity index is 920. The first-order valence-corrected chi connectivity index (χ1v) is 9.51. The molecule has 0 spiro atoms. The number of benzene rings is 2. The van der Waals surface area contributed by atoms with Gasteiger partial charge in [-0.15, -0.1) is 0 Å². The monoisotopic (exact) mass is 373 g/mol. The zero-order chi connectivity index (χ0) is 19.2. The number of hydrogen-bond donors (Lipinski definition) is 1. The van der Waals surface area contributed by atoms with E-state index in [2.05, 4.69) is 27.3 Å². The molecule has 1 fully saturated rings. The van der Waals surface area contributed by atoms with E-state index in [4.69, 9.17) is 4.74 Å². The Balaban J connectivity index is 1.38. The highest BCUT2D eigenvalue weighted by atomic mass is 16.5. The molecule has 3 aromatic rings. The first-order valence-electron chi connectivity index (χ1n) is 9.51. The van der Waals surface area contributed by atoms with E-state index >= 15 is 0 Å². The van der Waals surface area contributed by atoms with Gasteiger partial charge in [-0.25, -0.2) is 4.98 Å². The van der Waals surface area contributed by atoms with Crippen LogP contribution in [0.15, 0.2) is 72.9 Å². The fraction of sp³-hybridized carbons (Fsp3) is 0.217. The first-order chi connectivity index (χ1) is 13.8. The van der Waals surface area contributed by atoms with Crippen LogP contribution in [0.3, 0.4) is 0 Å². The third-order valence-electron chi connectivity index (χ3n) is 4.85. The maximum Gasteiger partial charge on any atom is 0.251 e. The van der Waals surface area contributed by atoms with Crippen LogP contribution >= 0.6 is 0 Å². The number of nitrogens with one attached hydrogen (secondary N) is 1. The van der Waals surface area contributed by atoms with E-state index in [1.54, 1.807) is 6.20 Å². The molecule has 4 rings (SSSR count). The zero-order valence-electron chi connectivity index (χ0n) is 15.7. The normalized spacial score (nSPS) is 13.9. The number of amides is 1. The number of anilines is 1. The van der Waals surface area contributed by atoms with Gasteiger partial charge in [-0.2, -0.15) is 0 Å². The Morgan fingerprint density at radius 3 is 2.43 bits per heavy atom. The zero-order valence-corrected chi connectivity index (χ0v) is 15.7. The average Bonchev–Trinajstić information content (AvgIpc) is 2.79. The van der Waals surface area contributed by atoms with Gasteiger partial charge in [-0.05, 0) is 41.0 Å². The molecule has 5 heteroatoms. The number of carbonyl (C=O) groups is 1. The third kappa shape index (κ3) is 4.38. The molecule has 0 saturated carbocycles. The van der Waals surface area contributed by atoms with Crippen LogP contribution in [0.4, 0.5) is 5.82 Å². The van der Waals surface area contributed by atoms with Crippen LogP contribution in [0.2, 0.25) is 0 Å². The van der Waals surface area contributed by atoms with Crippen molar-refractivity contribution in [1.29, 1.82) is 0 Å². The Morgan fingerprint density at radius 2 is 1.68 bits per heavy atom. The first kappa shape index (κ1) is 18.2. The molecule has 1 N–H and O–H groups in total. The molecule has 1 aliphatic rings. The molecule has 1 amide bonds. The summed E-state index contributed by atoms with van der Waals surface area (Å²) >= 11 is 0. The van der Waals surface area contributed by atoms with Gasteiger partial charge in [0.25, 0.3) is 5.91 Å². The van der Waals surface area contributed by atoms with Gasteiger partial charge in [-0.1, -0.05) is 42.5 Å². The summed E-state index contributed by atoms with van der Waals surface area (Å²) in [6.07, 6.45) is 1.79. The summed E-state index contributed by atoms with van der Waals surface area (Å²) in [6, 6.07) is 21.8. The van der Waals surface area contributed by atoms with E-state index in [1.165, 1.54) is 0 Å². The van der Waals surface area contributed by atoms with Crippen molar-refractivity contribution in [3.8, 4) is 11.1 Å². The standard InChI is InChI=1S/C23H23N3O2/c27-23(21-8-6-20(7-9-21)19-4-2-1-3-5-19)25-17-18-10-11-24-22(16-18)26-12-14-28-15-13-26/h1-11,16H,12-15,17H2,(H,25,27). The van der Waals surface area contributed by atoms with Crippen LogP contribution in [0.25, 0.3) is 11.1 Å². The van der Waals surface area contributed by atoms with Crippen molar-refractivity contribution in [2.45, 2.75) is 6.54 Å². The Hall–Kier alpha value is -3.18. The second-order valence-corrected chi connectivity index (χ2v) is 6.75. The number of nitrogens with zero attached hydrogens (tertiary/aromatic N) is 2. The molecule has 28 heavy (non-hydrogen) atoms. The molecule has 0 aliphatic carbocycles. The van der Waals surface area contributed by atoms with Crippen LogP contribution < -0.4 is 10.2 Å². The van der Waals surface area contributed by atoms with Crippen molar-refractivity contribution < 1.29 is 9.53 Å². The van der Waals surface area contributed by atoms with Gasteiger partial charge in [0.2, 0.25) is 0 Å². The van der Waals surface area contributed by atoms with Crippen molar-refractivity contribution in [3.63, 3.8) is 0 Å². The van der Waals surface area contributed by atoms with Crippen molar-refractivity contribution >= 4 is 11.7 Å². The van der Waals surface area contributed by atoms with Crippen LogP contribution in [-0.2, 0) is 11.3 Å². The van der Waals surface area contributed by atoms with E-state index in [0.29, 0.717) is 12.1 Å². The molecule has 142 valence electrons. The van der Waals surface area contributed by atoms with E-state index < -0.39 is 0 Å². The van der Waals surface area contributed by atoms with E-state index in [-0.39, 0.29) is 5.91 Å². The third-order valence-corrected chi connectivity index (χ3v) is 4.85. The minimum Gasteiger partial charge on any atom is -0.378 e. The molecule has 0 bridgehead atoms. The van der Waals surface area contributed by atoms with Gasteiger partial charge in [0.1, 0.15) is 5.82 Å². The molecular weight excluding hydrogens is 350 g/mol. The molecule has 2 aromatic carbocycles. The summed E-state index contributed by atoms with van der Waals surface area (Å²) in [5.74, 6) is 0.853. The largest absolute Gasteiger partial charge is 0.378 e. The van der Waals surface area contributed by atoms with Crippen molar-refractivity contribution in [2.24, 2.45) is 0 Å². The molecule has 1 saturated heterocycles. The highest BCUT2D eigenvalue weighted by Crippen LogP contribution is 2.19. The fourth-order valence-electron chi connectivity index (χ4n) is 3.26. The summed E-state index contributed by atoms with van der Waals surface area (Å²) < 4.78 is 5.39. The minimum atomic E-state index is -0.0793. The van der Waals surface area contributed by atoms with Crippen molar-refractivity contribution in [1.82, 2.24) is 10.3 Å². The van der Waals surface area contributed by atoms with Gasteiger partial charge < -0.3 is 15.0 Å². The lowest BCUT2D eigenvalue weighted by Crippen LogP contribution is -2.36. The van der Waals surface area contributed by atoms with Crippen molar-refractivity contribution in [3.05, 3.63) is 84.1 Å². The summed E-state index contributed by atoms with van der Waals surface area (Å²) in [7, 11) is 0. The van der Waals surface area contributed by atoms with Crippen molar-refractivity contribution in [2.75, 3.05) is 31.2 Å².